The molecule has 588 valence electrons. The summed E-state index contributed by atoms with van der Waals surface area (Å²) in [6, 6.07) is 0. The minimum atomic E-state index is -4.65. The van der Waals surface area contributed by atoms with Gasteiger partial charge in [0.2, 0.25) is 0 Å². The van der Waals surface area contributed by atoms with E-state index in [2.05, 4.69) is 148 Å². The molecule has 0 aliphatic heterocycles. The molecule has 0 aromatic heterocycles. The first-order valence-corrected chi connectivity index (χ1v) is 44.4. The number of quaternary nitrogens is 1. The van der Waals surface area contributed by atoms with Crippen LogP contribution in [0.4, 0.5) is 0 Å². The van der Waals surface area contributed by atoms with E-state index in [1.807, 2.05) is 21.1 Å². The third-order valence-electron chi connectivity index (χ3n) is 18.7. The molecule has 102 heavy (non-hydrogen) atoms. The topological polar surface area (TPSA) is 111 Å². The van der Waals surface area contributed by atoms with Gasteiger partial charge in [-0.15, -0.1) is 0 Å². The van der Waals surface area contributed by atoms with Gasteiger partial charge in [-0.1, -0.05) is 392 Å². The van der Waals surface area contributed by atoms with Gasteiger partial charge in [-0.2, -0.15) is 0 Å². The van der Waals surface area contributed by atoms with E-state index in [0.29, 0.717) is 17.4 Å². The number of allylic oxidation sites excluding steroid dienone is 22. The zero-order valence-corrected chi connectivity index (χ0v) is 68.2. The maximum absolute atomic E-state index is 12.9. The van der Waals surface area contributed by atoms with Crippen molar-refractivity contribution in [3.05, 3.63) is 134 Å². The summed E-state index contributed by atoms with van der Waals surface area (Å²) in [4.78, 5) is 38.2. The highest BCUT2D eigenvalue weighted by Crippen LogP contribution is 2.38. The molecule has 0 saturated heterocycles. The molecule has 0 N–H and O–H groups in total. The van der Waals surface area contributed by atoms with E-state index in [-0.39, 0.29) is 32.0 Å². The highest BCUT2D eigenvalue weighted by atomic mass is 31.2. The van der Waals surface area contributed by atoms with E-state index < -0.39 is 26.5 Å². The van der Waals surface area contributed by atoms with Crippen LogP contribution in [-0.2, 0) is 32.7 Å². The van der Waals surface area contributed by atoms with Gasteiger partial charge in [-0.3, -0.25) is 14.2 Å². The van der Waals surface area contributed by atoms with Crippen LogP contribution in [0.25, 0.3) is 0 Å². The zero-order valence-electron chi connectivity index (χ0n) is 67.3. The fourth-order valence-corrected chi connectivity index (χ4v) is 12.9. The van der Waals surface area contributed by atoms with Gasteiger partial charge in [0.15, 0.2) is 6.10 Å². The monoisotopic (exact) mass is 1440 g/mol. The summed E-state index contributed by atoms with van der Waals surface area (Å²) >= 11 is 0. The summed E-state index contributed by atoms with van der Waals surface area (Å²) in [7, 11) is 1.17. The molecule has 0 rings (SSSR count). The standard InChI is InChI=1S/C92H162NO8P/c1-6-8-10-12-14-16-18-20-22-24-26-28-30-32-34-36-38-40-42-44-45-46-47-49-51-53-55-57-59-61-63-65-67-69-71-73-75-77-79-81-83-85-92(95)101-90(89-100-102(96,97)99-87-86-93(3,4)5)88-98-91(94)84-82-80-78-76-74-72-70-68-66-64-62-60-58-56-54-52-50-48-43-41-39-37-35-33-31-29-27-25-23-21-19-17-15-13-11-9-7-2/h8,10,14,16,19-22,25-28,31-34,38,40,44-45,47,49,90H,6-7,9,11-13,15,17-18,23-24,29-30,35-37,39,41-43,46,48,50-89H2,1-5H3/b10-8-,16-14-,21-19-,22-20-,27-25-,28-26-,33-31-,34-32-,40-38-,45-44-,49-47-. The maximum Gasteiger partial charge on any atom is 0.306 e. The van der Waals surface area contributed by atoms with Gasteiger partial charge in [0.1, 0.15) is 19.8 Å². The average molecular weight is 1440 g/mol. The number of carbonyl (C=O) groups excluding carboxylic acids is 2. The molecule has 2 atom stereocenters. The van der Waals surface area contributed by atoms with E-state index in [9.17, 15) is 19.0 Å². The first-order chi connectivity index (χ1) is 50.0. The Morgan fingerprint density at radius 2 is 0.559 bits per heavy atom. The first-order valence-electron chi connectivity index (χ1n) is 42.9. The Labute approximate surface area is 631 Å². The molecular weight excluding hydrogens is 1280 g/mol. The second-order valence-electron chi connectivity index (χ2n) is 29.8. The van der Waals surface area contributed by atoms with Crippen molar-refractivity contribution in [3.8, 4) is 0 Å². The third-order valence-corrected chi connectivity index (χ3v) is 19.6. The molecule has 9 nitrogen and oxygen atoms in total. The lowest BCUT2D eigenvalue weighted by Crippen LogP contribution is -2.37. The summed E-state index contributed by atoms with van der Waals surface area (Å²) in [5.41, 5.74) is 0. The smallest absolute Gasteiger partial charge is 0.306 e. The van der Waals surface area contributed by atoms with Gasteiger partial charge >= 0.3 is 11.9 Å². The number of nitrogens with zero attached hydrogens (tertiary/aromatic N) is 1. The van der Waals surface area contributed by atoms with E-state index in [0.717, 1.165) is 103 Å². The molecule has 0 amide bonds. The summed E-state index contributed by atoms with van der Waals surface area (Å²) in [5, 5.41) is 0. The average Bonchev–Trinajstić information content (AvgIpc) is 0.916. The second kappa shape index (κ2) is 81.2. The lowest BCUT2D eigenvalue weighted by atomic mass is 10.0. The van der Waals surface area contributed by atoms with Crippen molar-refractivity contribution in [1.82, 2.24) is 0 Å². The lowest BCUT2D eigenvalue weighted by molar-refractivity contribution is -0.870. The van der Waals surface area contributed by atoms with Crippen LogP contribution < -0.4 is 4.89 Å². The van der Waals surface area contributed by atoms with Crippen molar-refractivity contribution in [2.75, 3.05) is 47.5 Å². The Kier molecular flexibility index (Phi) is 78.2. The number of phosphoric ester groups is 1. The first kappa shape index (κ1) is 98.2. The molecule has 2 unspecified atom stereocenters. The Morgan fingerprint density at radius 1 is 0.314 bits per heavy atom. The minimum absolute atomic E-state index is 0.0328. The fraction of sp³-hybridized carbons (Fsp3) is 0.739. The number of ether oxygens (including phenoxy) is 2. The normalized spacial score (nSPS) is 13.7. The summed E-state index contributed by atoms with van der Waals surface area (Å²) < 4.78 is 34.5. The quantitative estimate of drug-likeness (QED) is 0.0195. The predicted molar refractivity (Wildman–Crippen MR) is 443 cm³/mol. The molecule has 0 aliphatic rings. The van der Waals surface area contributed by atoms with Crippen molar-refractivity contribution in [3.63, 3.8) is 0 Å². The highest BCUT2D eigenvalue weighted by Gasteiger charge is 2.22. The van der Waals surface area contributed by atoms with Gasteiger partial charge in [-0.05, 0) is 116 Å². The summed E-state index contributed by atoms with van der Waals surface area (Å²) in [6.07, 6.45) is 119. The fourth-order valence-electron chi connectivity index (χ4n) is 12.2. The van der Waals surface area contributed by atoms with Crippen LogP contribution in [0, 0.1) is 0 Å². The van der Waals surface area contributed by atoms with Gasteiger partial charge in [0, 0.05) is 12.8 Å². The second-order valence-corrected chi connectivity index (χ2v) is 31.2. The van der Waals surface area contributed by atoms with Gasteiger partial charge in [0.25, 0.3) is 7.82 Å². The largest absolute Gasteiger partial charge is 0.756 e. The molecular formula is C92H162NO8P. The number of rotatable bonds is 79. The van der Waals surface area contributed by atoms with Crippen LogP contribution in [0.3, 0.4) is 0 Å². The van der Waals surface area contributed by atoms with Crippen LogP contribution in [0.15, 0.2) is 134 Å². The number of hydrogen-bond donors (Lipinski definition) is 0. The Balaban J connectivity index is 3.94. The molecule has 0 bridgehead atoms. The van der Waals surface area contributed by atoms with Crippen LogP contribution in [0.2, 0.25) is 0 Å². The molecule has 10 heteroatoms. The van der Waals surface area contributed by atoms with Gasteiger partial charge < -0.3 is 27.9 Å². The van der Waals surface area contributed by atoms with Gasteiger partial charge in [-0.25, -0.2) is 0 Å². The molecule has 0 heterocycles. The molecule has 0 fully saturated rings. The van der Waals surface area contributed by atoms with Crippen LogP contribution >= 0.6 is 7.82 Å². The number of carbonyl (C=O) groups is 2. The van der Waals surface area contributed by atoms with Gasteiger partial charge in [0.05, 0.1) is 27.7 Å². The Morgan fingerprint density at radius 3 is 0.833 bits per heavy atom. The molecule has 0 aromatic carbocycles. The van der Waals surface area contributed by atoms with Crippen molar-refractivity contribution in [1.29, 1.82) is 0 Å². The zero-order chi connectivity index (χ0) is 74.0. The van der Waals surface area contributed by atoms with E-state index in [1.165, 1.54) is 250 Å². The number of hydrogen-bond acceptors (Lipinski definition) is 8. The van der Waals surface area contributed by atoms with Crippen LogP contribution in [0.1, 0.15) is 386 Å². The molecule has 0 aromatic rings. The SMILES string of the molecule is CC/C=C\C/C=C\C/C=C\C/C=C\C/C=C\C/C=C\C/C=C\C/C=C\CCCCCCCCCCCCCCCCCCC(=O)OC(COC(=O)CCCCCCCCCCCCCCCCCCCCCCCC/C=C\C/C=C\C/C=C\CCCCCCC)COP(=O)([O-])OCC[N+](C)(C)C. The van der Waals surface area contributed by atoms with E-state index >= 15 is 0 Å². The molecule has 0 saturated carbocycles. The van der Waals surface area contributed by atoms with Crippen LogP contribution in [-0.4, -0.2) is 70.0 Å². The molecule has 0 aliphatic carbocycles. The third kappa shape index (κ3) is 85.1. The predicted octanol–water partition coefficient (Wildman–Crippen LogP) is 28.4. The van der Waals surface area contributed by atoms with Crippen molar-refractivity contribution >= 4 is 19.8 Å². The number of phosphoric acid groups is 1. The van der Waals surface area contributed by atoms with Crippen molar-refractivity contribution in [2.24, 2.45) is 0 Å². The van der Waals surface area contributed by atoms with Crippen molar-refractivity contribution in [2.45, 2.75) is 392 Å². The number of unbranched alkanes of at least 4 members (excludes halogenated alkanes) is 43. The van der Waals surface area contributed by atoms with E-state index in [1.54, 1.807) is 0 Å². The van der Waals surface area contributed by atoms with Crippen LogP contribution in [0.5, 0.6) is 0 Å². The highest BCUT2D eigenvalue weighted by molar-refractivity contribution is 7.45. The molecule has 0 spiro atoms. The maximum atomic E-state index is 12.9. The van der Waals surface area contributed by atoms with Crippen molar-refractivity contribution < 1.29 is 42.1 Å². The van der Waals surface area contributed by atoms with E-state index in [4.69, 9.17) is 18.5 Å². The number of esters is 2. The lowest BCUT2D eigenvalue weighted by Gasteiger charge is -2.28. The summed E-state index contributed by atoms with van der Waals surface area (Å²) in [6.45, 7) is 4.16. The number of likely N-dealkylation sites (N-methyl/N-ethyl adjacent to an activating group) is 1. The summed E-state index contributed by atoms with van der Waals surface area (Å²) in [5.74, 6) is -0.820. The molecule has 0 radical (unpaired) electrons. The Hall–Kier alpha value is -3.85. The minimum Gasteiger partial charge on any atom is -0.756 e. The Bertz CT molecular complexity index is 2190.